The van der Waals surface area contributed by atoms with E-state index in [1.54, 1.807) is 12.3 Å². The molecule has 0 saturated carbocycles. The molecular weight excluding hydrogens is 689 g/mol. The number of aliphatic hydroxyl groups is 1. The fourth-order valence-corrected chi connectivity index (χ4v) is 5.78. The van der Waals surface area contributed by atoms with E-state index in [9.17, 15) is 19.4 Å². The van der Waals surface area contributed by atoms with Gasteiger partial charge < -0.3 is 25.2 Å². The predicted molar refractivity (Wildman–Crippen MR) is 220 cm³/mol. The molecule has 0 aromatic rings. The van der Waals surface area contributed by atoms with Crippen LogP contribution in [0.5, 0.6) is 0 Å². The van der Waals surface area contributed by atoms with Gasteiger partial charge in [0.2, 0.25) is 0 Å². The number of carbonyl (C=O) groups excluding carboxylic acids is 1. The minimum Gasteiger partial charge on any atom is -0.498 e. The molecule has 0 heterocycles. The first-order valence-corrected chi connectivity index (χ1v) is 21.7. The Labute approximate surface area is 322 Å². The number of esters is 1. The van der Waals surface area contributed by atoms with E-state index in [-0.39, 0.29) is 32.8 Å². The Hall–Kier alpha value is -2.52. The van der Waals surface area contributed by atoms with E-state index in [0.29, 0.717) is 12.8 Å². The molecule has 0 amide bonds. The van der Waals surface area contributed by atoms with Crippen LogP contribution in [0.1, 0.15) is 142 Å². The first-order valence-electron chi connectivity index (χ1n) is 20.2. The standard InChI is InChI=1S/C43H74NO8P/c1-3-5-7-9-11-12-13-14-15-18-21-24-28-32-37-49-39-42(40-51-53(47,48)50-38-36-44)52-43(46)35-31-27-23-20-17-16-19-22-26-30-34-41(45)33-29-25-10-8-6-4-2/h6,8,16-17,22-23,25-27,29-30,32,34,37,41-42,45H,3-5,7,9-15,18-21,24,28,31,33,35-36,38-40,44H2,1-2H3,(H,47,48)/b8-6-,17-16-,26-22-,27-23-,29-25-,34-30+,37-32-/t41?,42-/m1/s1. The molecule has 0 aromatic carbocycles. The quantitative estimate of drug-likeness (QED) is 0.0141. The summed E-state index contributed by atoms with van der Waals surface area (Å²) in [6, 6.07) is 0. The zero-order valence-electron chi connectivity index (χ0n) is 33.1. The second-order valence-electron chi connectivity index (χ2n) is 13.0. The Morgan fingerprint density at radius 1 is 0.698 bits per heavy atom. The maximum absolute atomic E-state index is 12.5. The molecule has 0 fully saturated rings. The summed E-state index contributed by atoms with van der Waals surface area (Å²) in [4.78, 5) is 22.4. The van der Waals surface area contributed by atoms with Gasteiger partial charge in [-0.1, -0.05) is 157 Å². The normalized spacial score (nSPS) is 15.0. The smallest absolute Gasteiger partial charge is 0.472 e. The van der Waals surface area contributed by atoms with Crippen LogP contribution in [0.4, 0.5) is 0 Å². The third-order valence-corrected chi connectivity index (χ3v) is 8.97. The molecule has 0 bridgehead atoms. The molecule has 53 heavy (non-hydrogen) atoms. The molecular formula is C43H74NO8P. The number of phosphoric ester groups is 1. The number of unbranched alkanes of at least 4 members (excludes halogenated alkanes) is 12. The van der Waals surface area contributed by atoms with E-state index in [0.717, 1.165) is 38.5 Å². The van der Waals surface area contributed by atoms with E-state index in [2.05, 4.69) is 38.2 Å². The van der Waals surface area contributed by atoms with Crippen molar-refractivity contribution in [2.45, 2.75) is 154 Å². The summed E-state index contributed by atoms with van der Waals surface area (Å²) in [6.45, 7) is 3.93. The van der Waals surface area contributed by atoms with Crippen LogP contribution >= 0.6 is 7.82 Å². The molecule has 0 aliphatic rings. The minimum atomic E-state index is -4.33. The predicted octanol–water partition coefficient (Wildman–Crippen LogP) is 11.1. The van der Waals surface area contributed by atoms with Crippen molar-refractivity contribution in [1.82, 2.24) is 0 Å². The molecule has 3 atom stereocenters. The van der Waals surface area contributed by atoms with E-state index in [4.69, 9.17) is 24.3 Å². The molecule has 0 saturated heterocycles. The largest absolute Gasteiger partial charge is 0.498 e. The highest BCUT2D eigenvalue weighted by Gasteiger charge is 2.25. The number of carbonyl (C=O) groups is 1. The number of ether oxygens (including phenoxy) is 2. The summed E-state index contributed by atoms with van der Waals surface area (Å²) < 4.78 is 33.0. The van der Waals surface area contributed by atoms with Crippen molar-refractivity contribution in [3.05, 3.63) is 85.3 Å². The maximum Gasteiger partial charge on any atom is 0.472 e. The molecule has 0 spiro atoms. The van der Waals surface area contributed by atoms with Crippen LogP contribution < -0.4 is 5.73 Å². The highest BCUT2D eigenvalue weighted by Crippen LogP contribution is 2.43. The van der Waals surface area contributed by atoms with Crippen LogP contribution in [0.3, 0.4) is 0 Å². The van der Waals surface area contributed by atoms with Crippen LogP contribution in [0.25, 0.3) is 0 Å². The number of allylic oxidation sites excluding steroid dienone is 11. The SMILES string of the molecule is CC/C=C\C/C=C\CC(O)/C=C/C=C\C/C=C\C/C=C\CCC(=O)O[C@H](CO/C=C\CCCCCCCCCCCCCC)COP(=O)(O)OCCN. The van der Waals surface area contributed by atoms with Crippen molar-refractivity contribution in [2.75, 3.05) is 26.4 Å². The molecule has 10 heteroatoms. The van der Waals surface area contributed by atoms with Gasteiger partial charge in [-0.2, -0.15) is 0 Å². The molecule has 0 aromatic heterocycles. The van der Waals surface area contributed by atoms with E-state index in [1.165, 1.54) is 70.6 Å². The lowest BCUT2D eigenvalue weighted by Gasteiger charge is -2.19. The number of hydrogen-bond donors (Lipinski definition) is 3. The molecule has 0 aliphatic carbocycles. The molecule has 0 radical (unpaired) electrons. The molecule has 9 nitrogen and oxygen atoms in total. The number of aliphatic hydroxyl groups excluding tert-OH is 1. The van der Waals surface area contributed by atoms with Crippen molar-refractivity contribution in [1.29, 1.82) is 0 Å². The Kier molecular flexibility index (Phi) is 37.3. The third kappa shape index (κ3) is 39.0. The van der Waals surface area contributed by atoms with Crippen LogP contribution in [-0.4, -0.2) is 54.5 Å². The summed E-state index contributed by atoms with van der Waals surface area (Å²) in [6.07, 6.45) is 47.3. The highest BCUT2D eigenvalue weighted by atomic mass is 31.2. The summed E-state index contributed by atoms with van der Waals surface area (Å²) in [7, 11) is -4.33. The first kappa shape index (κ1) is 50.5. The number of nitrogens with two attached hydrogens (primary N) is 1. The average Bonchev–Trinajstić information content (AvgIpc) is 3.14. The van der Waals surface area contributed by atoms with Gasteiger partial charge in [0.15, 0.2) is 6.10 Å². The van der Waals surface area contributed by atoms with Gasteiger partial charge in [0.25, 0.3) is 0 Å². The molecule has 2 unspecified atom stereocenters. The minimum absolute atomic E-state index is 0.0163. The second kappa shape index (κ2) is 39.2. The van der Waals surface area contributed by atoms with E-state index in [1.807, 2.05) is 48.6 Å². The topological polar surface area (TPSA) is 138 Å². The van der Waals surface area contributed by atoms with Gasteiger partial charge in [0.05, 0.1) is 25.6 Å². The Bertz CT molecular complexity index is 1100. The molecule has 0 rings (SSSR count). The van der Waals surface area contributed by atoms with Gasteiger partial charge in [-0.05, 0) is 57.4 Å². The third-order valence-electron chi connectivity index (χ3n) is 7.98. The van der Waals surface area contributed by atoms with Gasteiger partial charge in [0, 0.05) is 13.0 Å². The van der Waals surface area contributed by atoms with Crippen LogP contribution in [0.15, 0.2) is 85.3 Å². The van der Waals surface area contributed by atoms with Crippen molar-refractivity contribution in [3.63, 3.8) is 0 Å². The molecule has 304 valence electrons. The van der Waals surface area contributed by atoms with Crippen molar-refractivity contribution in [3.8, 4) is 0 Å². The number of phosphoric acid groups is 1. The highest BCUT2D eigenvalue weighted by molar-refractivity contribution is 7.47. The summed E-state index contributed by atoms with van der Waals surface area (Å²) in [5.41, 5.74) is 5.34. The van der Waals surface area contributed by atoms with Gasteiger partial charge >= 0.3 is 13.8 Å². The number of rotatable bonds is 37. The Morgan fingerprint density at radius 3 is 1.96 bits per heavy atom. The van der Waals surface area contributed by atoms with Crippen LogP contribution in [-0.2, 0) is 27.9 Å². The summed E-state index contributed by atoms with van der Waals surface area (Å²) >= 11 is 0. The Balaban J connectivity index is 4.34. The van der Waals surface area contributed by atoms with Crippen LogP contribution in [0, 0.1) is 0 Å². The van der Waals surface area contributed by atoms with E-state index < -0.39 is 26.0 Å². The monoisotopic (exact) mass is 764 g/mol. The van der Waals surface area contributed by atoms with Crippen LogP contribution in [0.2, 0.25) is 0 Å². The lowest BCUT2D eigenvalue weighted by molar-refractivity contribution is -0.153. The first-order chi connectivity index (χ1) is 25.8. The lowest BCUT2D eigenvalue weighted by Crippen LogP contribution is -2.27. The molecule has 4 N–H and O–H groups in total. The fourth-order valence-electron chi connectivity index (χ4n) is 5.01. The lowest BCUT2D eigenvalue weighted by atomic mass is 10.0. The summed E-state index contributed by atoms with van der Waals surface area (Å²) in [5, 5.41) is 9.99. The van der Waals surface area contributed by atoms with Gasteiger partial charge in [-0.25, -0.2) is 4.57 Å². The summed E-state index contributed by atoms with van der Waals surface area (Å²) in [5.74, 6) is -0.457. The van der Waals surface area contributed by atoms with Gasteiger partial charge in [0.1, 0.15) is 6.61 Å². The zero-order valence-corrected chi connectivity index (χ0v) is 34.0. The average molecular weight is 764 g/mol. The second-order valence-corrected chi connectivity index (χ2v) is 14.5. The van der Waals surface area contributed by atoms with Crippen molar-refractivity contribution < 1.29 is 37.9 Å². The van der Waals surface area contributed by atoms with E-state index >= 15 is 0 Å². The molecule has 0 aliphatic heterocycles. The van der Waals surface area contributed by atoms with Gasteiger partial charge in [-0.3, -0.25) is 13.8 Å². The van der Waals surface area contributed by atoms with Gasteiger partial charge in [-0.15, -0.1) is 0 Å². The fraction of sp³-hybridized carbons (Fsp3) is 0.651. The van der Waals surface area contributed by atoms with Crippen molar-refractivity contribution in [2.24, 2.45) is 5.73 Å². The zero-order chi connectivity index (χ0) is 38.9. The Morgan fingerprint density at radius 2 is 1.30 bits per heavy atom. The maximum atomic E-state index is 12.5. The van der Waals surface area contributed by atoms with Crippen molar-refractivity contribution >= 4 is 13.8 Å². The number of hydrogen-bond acceptors (Lipinski definition) is 8.